The summed E-state index contributed by atoms with van der Waals surface area (Å²) in [5.74, 6) is -0.576. The molecule has 1 atom stereocenters. The van der Waals surface area contributed by atoms with E-state index in [9.17, 15) is 12.8 Å². The highest BCUT2D eigenvalue weighted by atomic mass is 32.2. The topological polar surface area (TPSA) is 66.7 Å². The summed E-state index contributed by atoms with van der Waals surface area (Å²) in [7, 11) is -3.38. The van der Waals surface area contributed by atoms with E-state index in [0.717, 1.165) is 6.07 Å². The summed E-state index contributed by atoms with van der Waals surface area (Å²) in [5, 5.41) is 10.9. The lowest BCUT2D eigenvalue weighted by Crippen LogP contribution is -2.29. The van der Waals surface area contributed by atoms with E-state index in [4.69, 9.17) is 5.21 Å². The molecule has 0 fully saturated rings. The van der Waals surface area contributed by atoms with E-state index in [-0.39, 0.29) is 17.0 Å². The molecule has 1 N–H and O–H groups in total. The maximum atomic E-state index is 13.0. The van der Waals surface area contributed by atoms with Crippen molar-refractivity contribution in [2.45, 2.75) is 19.1 Å². The lowest BCUT2D eigenvalue weighted by molar-refractivity contribution is 0.318. The van der Waals surface area contributed by atoms with Gasteiger partial charge >= 0.3 is 0 Å². The molecule has 0 aliphatic heterocycles. The van der Waals surface area contributed by atoms with E-state index in [0.29, 0.717) is 0 Å². The van der Waals surface area contributed by atoms with Crippen LogP contribution in [0.1, 0.15) is 19.4 Å². The zero-order valence-corrected chi connectivity index (χ0v) is 10.4. The molecule has 0 aliphatic rings. The first-order valence-corrected chi connectivity index (χ1v) is 6.83. The standard InChI is InChI=1S/C11H14FNO3S/c1-3-17(15,16)8(2)11(13-14)9-5-4-6-10(12)7-9/h4-8,14H,3H2,1-2H3/b13-11-. The van der Waals surface area contributed by atoms with Crippen molar-refractivity contribution in [2.24, 2.45) is 5.16 Å². The van der Waals surface area contributed by atoms with Gasteiger partial charge in [-0.15, -0.1) is 0 Å². The van der Waals surface area contributed by atoms with Crippen molar-refractivity contribution < 1.29 is 18.0 Å². The van der Waals surface area contributed by atoms with Crippen molar-refractivity contribution >= 4 is 15.5 Å². The minimum atomic E-state index is -3.38. The highest BCUT2D eigenvalue weighted by Gasteiger charge is 2.26. The van der Waals surface area contributed by atoms with Crippen LogP contribution in [0.2, 0.25) is 0 Å². The zero-order valence-electron chi connectivity index (χ0n) is 9.59. The van der Waals surface area contributed by atoms with Gasteiger partial charge in [-0.1, -0.05) is 24.2 Å². The predicted octanol–water partition coefficient (Wildman–Crippen LogP) is 1.83. The van der Waals surface area contributed by atoms with Crippen molar-refractivity contribution in [2.75, 3.05) is 5.75 Å². The molecule has 1 aromatic rings. The smallest absolute Gasteiger partial charge is 0.158 e. The molecular formula is C11H14FNO3S. The molecule has 0 aromatic heterocycles. The molecule has 1 unspecified atom stereocenters. The van der Waals surface area contributed by atoms with E-state index in [1.807, 2.05) is 0 Å². The van der Waals surface area contributed by atoms with Gasteiger partial charge in [-0.25, -0.2) is 12.8 Å². The first kappa shape index (κ1) is 13.6. The Morgan fingerprint density at radius 2 is 2.18 bits per heavy atom. The molecule has 94 valence electrons. The van der Waals surface area contributed by atoms with E-state index in [1.165, 1.54) is 32.0 Å². The molecule has 0 radical (unpaired) electrons. The number of sulfone groups is 1. The van der Waals surface area contributed by atoms with Crippen LogP contribution in [-0.4, -0.2) is 30.3 Å². The lowest BCUT2D eigenvalue weighted by Gasteiger charge is -2.13. The first-order valence-electron chi connectivity index (χ1n) is 5.11. The molecule has 0 bridgehead atoms. The number of hydrogen-bond acceptors (Lipinski definition) is 4. The van der Waals surface area contributed by atoms with E-state index < -0.39 is 20.9 Å². The van der Waals surface area contributed by atoms with Crippen molar-refractivity contribution in [3.63, 3.8) is 0 Å². The van der Waals surface area contributed by atoms with Crippen LogP contribution >= 0.6 is 0 Å². The van der Waals surface area contributed by atoms with Gasteiger partial charge in [-0.2, -0.15) is 0 Å². The summed E-state index contributed by atoms with van der Waals surface area (Å²) < 4.78 is 36.4. The largest absolute Gasteiger partial charge is 0.411 e. The van der Waals surface area contributed by atoms with Gasteiger partial charge in [0.25, 0.3) is 0 Å². The molecular weight excluding hydrogens is 245 g/mol. The van der Waals surface area contributed by atoms with Gasteiger partial charge in [0.1, 0.15) is 16.8 Å². The minimum absolute atomic E-state index is 0.0497. The highest BCUT2D eigenvalue weighted by molar-refractivity contribution is 7.92. The normalized spacial score (nSPS) is 14.6. The third-order valence-corrected chi connectivity index (χ3v) is 4.66. The Hall–Kier alpha value is -1.43. The second kappa shape index (κ2) is 5.27. The number of benzene rings is 1. The molecule has 0 saturated heterocycles. The third kappa shape index (κ3) is 3.03. The highest BCUT2D eigenvalue weighted by Crippen LogP contribution is 2.13. The third-order valence-electron chi connectivity index (χ3n) is 2.55. The van der Waals surface area contributed by atoms with Gasteiger partial charge in [-0.05, 0) is 19.1 Å². The molecule has 6 heteroatoms. The Kier molecular flexibility index (Phi) is 4.22. The fourth-order valence-electron chi connectivity index (χ4n) is 1.44. The van der Waals surface area contributed by atoms with E-state index in [2.05, 4.69) is 5.16 Å². The fraction of sp³-hybridized carbons (Fsp3) is 0.364. The van der Waals surface area contributed by atoms with E-state index in [1.54, 1.807) is 0 Å². The van der Waals surface area contributed by atoms with Crippen molar-refractivity contribution in [1.29, 1.82) is 0 Å². The average molecular weight is 259 g/mol. The number of nitrogens with zero attached hydrogens (tertiary/aromatic N) is 1. The molecule has 1 aromatic carbocycles. The lowest BCUT2D eigenvalue weighted by atomic mass is 10.1. The summed E-state index contributed by atoms with van der Waals surface area (Å²) in [6.45, 7) is 2.92. The first-order chi connectivity index (χ1) is 7.92. The minimum Gasteiger partial charge on any atom is -0.411 e. The summed E-state index contributed by atoms with van der Waals surface area (Å²) in [6, 6.07) is 5.30. The molecule has 1 rings (SSSR count). The molecule has 17 heavy (non-hydrogen) atoms. The molecule has 0 aliphatic carbocycles. The molecule has 4 nitrogen and oxygen atoms in total. The SMILES string of the molecule is CCS(=O)(=O)C(C)/C(=N/O)c1cccc(F)c1. The summed E-state index contributed by atoms with van der Waals surface area (Å²) in [6.07, 6.45) is 0. The Bertz CT molecular complexity index is 525. The summed E-state index contributed by atoms with van der Waals surface area (Å²) in [4.78, 5) is 0. The Balaban J connectivity index is 3.19. The monoisotopic (exact) mass is 259 g/mol. The quantitative estimate of drug-likeness (QED) is 0.509. The summed E-state index contributed by atoms with van der Waals surface area (Å²) >= 11 is 0. The van der Waals surface area contributed by atoms with Crippen LogP contribution in [0.3, 0.4) is 0 Å². The zero-order chi connectivity index (χ0) is 13.1. The maximum Gasteiger partial charge on any atom is 0.158 e. The van der Waals surface area contributed by atoms with Gasteiger partial charge < -0.3 is 5.21 Å². The number of rotatable bonds is 4. The van der Waals surface area contributed by atoms with Gasteiger partial charge in [-0.3, -0.25) is 0 Å². The number of hydrogen-bond donors (Lipinski definition) is 1. The average Bonchev–Trinajstić information content (AvgIpc) is 2.30. The van der Waals surface area contributed by atoms with Gasteiger partial charge in [0.15, 0.2) is 9.84 Å². The predicted molar refractivity (Wildman–Crippen MR) is 63.6 cm³/mol. The number of oxime groups is 1. The van der Waals surface area contributed by atoms with Crippen molar-refractivity contribution in [3.05, 3.63) is 35.6 Å². The van der Waals surface area contributed by atoms with Gasteiger partial charge in [0.2, 0.25) is 0 Å². The Morgan fingerprint density at radius 1 is 1.53 bits per heavy atom. The molecule has 0 spiro atoms. The van der Waals surface area contributed by atoms with E-state index >= 15 is 0 Å². The molecule has 0 amide bonds. The summed E-state index contributed by atoms with van der Waals surface area (Å²) in [5.41, 5.74) is 0.211. The van der Waals surface area contributed by atoms with Crippen molar-refractivity contribution in [3.8, 4) is 0 Å². The Morgan fingerprint density at radius 3 is 2.65 bits per heavy atom. The van der Waals surface area contributed by atoms with Crippen molar-refractivity contribution in [1.82, 2.24) is 0 Å². The van der Waals surface area contributed by atoms with Crippen LogP contribution < -0.4 is 0 Å². The van der Waals surface area contributed by atoms with Gasteiger partial charge in [0, 0.05) is 11.3 Å². The fourth-order valence-corrected chi connectivity index (χ4v) is 2.47. The second-order valence-electron chi connectivity index (χ2n) is 3.59. The Labute approximate surface area is 99.7 Å². The maximum absolute atomic E-state index is 13.0. The van der Waals surface area contributed by atoms with Crippen LogP contribution in [0.5, 0.6) is 0 Å². The van der Waals surface area contributed by atoms with Crippen LogP contribution in [-0.2, 0) is 9.84 Å². The van der Waals surface area contributed by atoms with Crippen LogP contribution in [0, 0.1) is 5.82 Å². The number of halogens is 1. The van der Waals surface area contributed by atoms with Crippen LogP contribution in [0.4, 0.5) is 4.39 Å². The van der Waals surface area contributed by atoms with Crippen LogP contribution in [0.25, 0.3) is 0 Å². The molecule has 0 heterocycles. The van der Waals surface area contributed by atoms with Crippen LogP contribution in [0.15, 0.2) is 29.4 Å². The molecule has 0 saturated carbocycles. The van der Waals surface area contributed by atoms with Gasteiger partial charge in [0.05, 0.1) is 0 Å². The second-order valence-corrected chi connectivity index (χ2v) is 6.20.